The van der Waals surface area contributed by atoms with Gasteiger partial charge < -0.3 is 20.3 Å². The number of rotatable bonds is 6. The molecule has 2 aliphatic rings. The lowest BCUT2D eigenvalue weighted by atomic mass is 9.64. The number of hydrogen-bond donors (Lipinski definition) is 2. The number of carbonyl (C=O) groups excluding carboxylic acids is 1. The van der Waals surface area contributed by atoms with Gasteiger partial charge in [-0.3, -0.25) is 4.79 Å². The van der Waals surface area contributed by atoms with Crippen LogP contribution in [0.3, 0.4) is 0 Å². The first-order valence-corrected chi connectivity index (χ1v) is 11.1. The molecular formula is C25H33IN4O2. The highest BCUT2D eigenvalue weighted by Crippen LogP contribution is 2.43. The smallest absolute Gasteiger partial charge is 0.243 e. The Morgan fingerprint density at radius 3 is 2.53 bits per heavy atom. The third-order valence-corrected chi connectivity index (χ3v) is 6.43. The van der Waals surface area contributed by atoms with Crippen LogP contribution in [0, 0.1) is 0 Å². The fourth-order valence-electron chi connectivity index (χ4n) is 4.31. The number of amides is 1. The second-order valence-electron chi connectivity index (χ2n) is 8.68. The van der Waals surface area contributed by atoms with Crippen molar-refractivity contribution >= 4 is 35.8 Å². The topological polar surface area (TPSA) is 66.0 Å². The lowest BCUT2D eigenvalue weighted by molar-refractivity contribution is -0.127. The van der Waals surface area contributed by atoms with Crippen molar-refractivity contribution in [3.05, 3.63) is 65.7 Å². The first-order valence-electron chi connectivity index (χ1n) is 11.1. The van der Waals surface area contributed by atoms with Crippen LogP contribution in [-0.2, 0) is 10.2 Å². The SMILES string of the molecule is CN(C)C(=O)CN=C(NCC1(c2ccccc2)CCC1)NC1CCOc2ccccc21.I. The van der Waals surface area contributed by atoms with E-state index in [4.69, 9.17) is 4.74 Å². The van der Waals surface area contributed by atoms with E-state index < -0.39 is 0 Å². The van der Waals surface area contributed by atoms with Crippen LogP contribution in [0.15, 0.2) is 59.6 Å². The van der Waals surface area contributed by atoms with Gasteiger partial charge in [0.25, 0.3) is 0 Å². The molecule has 1 saturated carbocycles. The fourth-order valence-corrected chi connectivity index (χ4v) is 4.31. The Balaban J connectivity index is 0.00000289. The Labute approximate surface area is 207 Å². The third kappa shape index (κ3) is 5.54. The average Bonchev–Trinajstić information content (AvgIpc) is 2.77. The molecule has 4 rings (SSSR count). The van der Waals surface area contributed by atoms with Crippen LogP contribution in [0.1, 0.15) is 42.9 Å². The lowest BCUT2D eigenvalue weighted by Crippen LogP contribution is -2.50. The van der Waals surface area contributed by atoms with Crippen molar-refractivity contribution in [2.24, 2.45) is 4.99 Å². The number of carbonyl (C=O) groups is 1. The maximum absolute atomic E-state index is 12.2. The van der Waals surface area contributed by atoms with Crippen LogP contribution < -0.4 is 15.4 Å². The number of nitrogens with one attached hydrogen (secondary N) is 2. The van der Waals surface area contributed by atoms with Gasteiger partial charge >= 0.3 is 0 Å². The van der Waals surface area contributed by atoms with E-state index in [-0.39, 0.29) is 47.9 Å². The Morgan fingerprint density at radius 2 is 1.84 bits per heavy atom. The van der Waals surface area contributed by atoms with Crippen molar-refractivity contribution in [1.82, 2.24) is 15.5 Å². The van der Waals surface area contributed by atoms with Gasteiger partial charge in [-0.05, 0) is 24.5 Å². The molecule has 6 nitrogen and oxygen atoms in total. The van der Waals surface area contributed by atoms with Crippen LogP contribution in [0.4, 0.5) is 0 Å². The Morgan fingerprint density at radius 1 is 1.12 bits per heavy atom. The van der Waals surface area contributed by atoms with Gasteiger partial charge in [-0.15, -0.1) is 24.0 Å². The summed E-state index contributed by atoms with van der Waals surface area (Å²) in [4.78, 5) is 18.4. The first kappa shape index (κ1) is 24.4. The van der Waals surface area contributed by atoms with Crippen LogP contribution >= 0.6 is 24.0 Å². The van der Waals surface area contributed by atoms with Crippen LogP contribution in [0.2, 0.25) is 0 Å². The molecule has 0 bridgehead atoms. The van der Waals surface area contributed by atoms with Crippen molar-refractivity contribution in [2.75, 3.05) is 33.8 Å². The molecule has 2 aromatic carbocycles. The normalized spacial score (nSPS) is 18.8. The summed E-state index contributed by atoms with van der Waals surface area (Å²) in [7, 11) is 3.51. The molecule has 7 heteroatoms. The summed E-state index contributed by atoms with van der Waals surface area (Å²) in [5.74, 6) is 1.57. The van der Waals surface area contributed by atoms with Crippen LogP contribution in [0.25, 0.3) is 0 Å². The maximum Gasteiger partial charge on any atom is 0.243 e. The van der Waals surface area contributed by atoms with Crippen LogP contribution in [-0.4, -0.2) is 50.6 Å². The van der Waals surface area contributed by atoms with Crippen molar-refractivity contribution in [3.63, 3.8) is 0 Å². The van der Waals surface area contributed by atoms with E-state index in [0.717, 1.165) is 37.1 Å². The number of aliphatic imine (C=N–C) groups is 1. The average molecular weight is 548 g/mol. The number of benzene rings is 2. The lowest BCUT2D eigenvalue weighted by Gasteiger charge is -2.43. The zero-order valence-corrected chi connectivity index (χ0v) is 21.2. The molecule has 0 spiro atoms. The number of nitrogens with zero attached hydrogens (tertiary/aromatic N) is 2. The van der Waals surface area contributed by atoms with E-state index in [1.807, 2.05) is 18.2 Å². The molecule has 1 heterocycles. The van der Waals surface area contributed by atoms with E-state index in [2.05, 4.69) is 52.0 Å². The Hall–Kier alpha value is -2.29. The van der Waals surface area contributed by atoms with E-state index >= 15 is 0 Å². The van der Waals surface area contributed by atoms with Crippen molar-refractivity contribution in [2.45, 2.75) is 37.1 Å². The number of likely N-dealkylation sites (N-methyl/N-ethyl adjacent to an activating group) is 1. The minimum Gasteiger partial charge on any atom is -0.493 e. The molecule has 1 aliphatic heterocycles. The van der Waals surface area contributed by atoms with Crippen LogP contribution in [0.5, 0.6) is 5.75 Å². The second kappa shape index (κ2) is 11.0. The third-order valence-electron chi connectivity index (χ3n) is 6.43. The van der Waals surface area contributed by atoms with Gasteiger partial charge in [-0.1, -0.05) is 55.0 Å². The molecule has 2 aromatic rings. The van der Waals surface area contributed by atoms with Gasteiger partial charge in [0.15, 0.2) is 5.96 Å². The van der Waals surface area contributed by atoms with E-state index in [1.165, 1.54) is 12.0 Å². The quantitative estimate of drug-likeness (QED) is 0.327. The van der Waals surface area contributed by atoms with Gasteiger partial charge in [0, 0.05) is 38.0 Å². The highest BCUT2D eigenvalue weighted by atomic mass is 127. The van der Waals surface area contributed by atoms with Crippen molar-refractivity contribution < 1.29 is 9.53 Å². The summed E-state index contributed by atoms with van der Waals surface area (Å²) in [5, 5.41) is 7.13. The molecule has 172 valence electrons. The number of para-hydroxylation sites is 1. The molecule has 1 unspecified atom stereocenters. The molecule has 1 amide bonds. The second-order valence-corrected chi connectivity index (χ2v) is 8.68. The van der Waals surface area contributed by atoms with Gasteiger partial charge in [-0.25, -0.2) is 4.99 Å². The summed E-state index contributed by atoms with van der Waals surface area (Å²) < 4.78 is 5.80. The molecule has 0 aromatic heterocycles. The number of guanidine groups is 1. The van der Waals surface area contributed by atoms with Gasteiger partial charge in [0.05, 0.1) is 12.6 Å². The van der Waals surface area contributed by atoms with Gasteiger partial charge in [0.2, 0.25) is 5.91 Å². The summed E-state index contributed by atoms with van der Waals surface area (Å²) >= 11 is 0. The summed E-state index contributed by atoms with van der Waals surface area (Å²) in [6.07, 6.45) is 4.41. The molecule has 32 heavy (non-hydrogen) atoms. The predicted molar refractivity (Wildman–Crippen MR) is 139 cm³/mol. The molecule has 2 N–H and O–H groups in total. The molecule has 1 atom stereocenters. The van der Waals surface area contributed by atoms with Crippen molar-refractivity contribution in [3.8, 4) is 5.75 Å². The minimum atomic E-state index is -0.0186. The zero-order chi connectivity index (χ0) is 21.7. The zero-order valence-electron chi connectivity index (χ0n) is 18.8. The standard InChI is InChI=1S/C25H32N4O2.HI/c1-29(2)23(30)17-26-24(28-21-13-16-31-22-12-7-6-11-20(21)22)27-18-25(14-8-15-25)19-9-4-3-5-10-19;/h3-7,9-12,21H,8,13-18H2,1-2H3,(H2,26,27,28);1H. The minimum absolute atomic E-state index is 0. The molecule has 0 saturated heterocycles. The molecular weight excluding hydrogens is 515 g/mol. The fraction of sp³-hybridized carbons (Fsp3) is 0.440. The maximum atomic E-state index is 12.2. The van der Waals surface area contributed by atoms with Gasteiger partial charge in [0.1, 0.15) is 12.3 Å². The van der Waals surface area contributed by atoms with E-state index in [0.29, 0.717) is 12.6 Å². The largest absolute Gasteiger partial charge is 0.493 e. The van der Waals surface area contributed by atoms with E-state index in [1.54, 1.807) is 19.0 Å². The van der Waals surface area contributed by atoms with E-state index in [9.17, 15) is 4.79 Å². The van der Waals surface area contributed by atoms with Gasteiger partial charge in [-0.2, -0.15) is 0 Å². The summed E-state index contributed by atoms with van der Waals surface area (Å²) in [5.41, 5.74) is 2.63. The molecule has 1 fully saturated rings. The molecule has 1 aliphatic carbocycles. The van der Waals surface area contributed by atoms with Crippen molar-refractivity contribution in [1.29, 1.82) is 0 Å². The summed E-state index contributed by atoms with van der Waals surface area (Å²) in [6, 6.07) is 18.9. The number of hydrogen-bond acceptors (Lipinski definition) is 3. The number of halogens is 1. The number of ether oxygens (including phenoxy) is 1. The highest BCUT2D eigenvalue weighted by molar-refractivity contribution is 14.0. The highest BCUT2D eigenvalue weighted by Gasteiger charge is 2.38. The summed E-state index contributed by atoms with van der Waals surface area (Å²) in [6.45, 7) is 1.57. The predicted octanol–water partition coefficient (Wildman–Crippen LogP) is 3.87. The number of fused-ring (bicyclic) bond motifs is 1. The Bertz CT molecular complexity index is 929. The Kier molecular flexibility index (Phi) is 8.39. The monoisotopic (exact) mass is 548 g/mol. The molecule has 0 radical (unpaired) electrons. The first-order chi connectivity index (χ1) is 15.1.